The lowest BCUT2D eigenvalue weighted by Crippen LogP contribution is -2.49. The summed E-state index contributed by atoms with van der Waals surface area (Å²) in [4.78, 5) is 18.8. The van der Waals surface area contributed by atoms with Gasteiger partial charge in [0, 0.05) is 31.5 Å². The molecule has 2 heterocycles. The molecule has 0 aliphatic carbocycles. The topological polar surface area (TPSA) is 45.2 Å². The Morgan fingerprint density at radius 2 is 2.26 bits per heavy atom. The lowest BCUT2D eigenvalue weighted by Gasteiger charge is -2.36. The number of carbonyl (C=O) groups excluding carboxylic acids is 1. The molecule has 4 nitrogen and oxygen atoms in total. The Morgan fingerprint density at radius 1 is 1.39 bits per heavy atom. The molecule has 120 valence electrons. The summed E-state index contributed by atoms with van der Waals surface area (Å²) in [5.74, 6) is -0.227. The molecule has 1 N–H and O–H groups in total. The number of nitrogens with one attached hydrogen (secondary N) is 1. The summed E-state index contributed by atoms with van der Waals surface area (Å²) in [5, 5.41) is 3.28. The first-order valence-electron chi connectivity index (χ1n) is 7.80. The van der Waals surface area contributed by atoms with Crippen molar-refractivity contribution in [2.75, 3.05) is 19.6 Å². The number of piperazine rings is 1. The van der Waals surface area contributed by atoms with E-state index >= 15 is 0 Å². The van der Waals surface area contributed by atoms with Gasteiger partial charge in [-0.1, -0.05) is 18.2 Å². The second kappa shape index (κ2) is 6.87. The van der Waals surface area contributed by atoms with Crippen LogP contribution in [0.2, 0.25) is 0 Å². The van der Waals surface area contributed by atoms with Gasteiger partial charge in [-0.25, -0.2) is 4.39 Å². The van der Waals surface area contributed by atoms with E-state index in [0.717, 1.165) is 23.4 Å². The molecule has 5 heteroatoms. The predicted octanol–water partition coefficient (Wildman–Crippen LogP) is 2.24. The maximum Gasteiger partial charge on any atom is 0.227 e. The van der Waals surface area contributed by atoms with Crippen molar-refractivity contribution >= 4 is 5.91 Å². The van der Waals surface area contributed by atoms with Crippen LogP contribution in [0.5, 0.6) is 0 Å². The molecule has 0 saturated carbocycles. The Labute approximate surface area is 135 Å². The normalized spacial score (nSPS) is 18.0. The number of pyridine rings is 1. The second-order valence-electron chi connectivity index (χ2n) is 5.85. The number of hydrogen-bond donors (Lipinski definition) is 1. The quantitative estimate of drug-likeness (QED) is 0.945. The number of halogens is 1. The van der Waals surface area contributed by atoms with Gasteiger partial charge in [0.15, 0.2) is 0 Å². The van der Waals surface area contributed by atoms with Crippen LogP contribution in [0.4, 0.5) is 4.39 Å². The highest BCUT2D eigenvalue weighted by atomic mass is 19.1. The molecule has 1 unspecified atom stereocenters. The molecule has 2 aromatic rings. The van der Waals surface area contributed by atoms with Crippen LogP contribution in [0.25, 0.3) is 0 Å². The van der Waals surface area contributed by atoms with E-state index in [4.69, 9.17) is 0 Å². The molecule has 0 spiro atoms. The van der Waals surface area contributed by atoms with Crippen LogP contribution < -0.4 is 5.32 Å². The third kappa shape index (κ3) is 3.74. The van der Waals surface area contributed by atoms with E-state index in [1.54, 1.807) is 12.3 Å². The summed E-state index contributed by atoms with van der Waals surface area (Å²) in [5.41, 5.74) is 2.66. The van der Waals surface area contributed by atoms with Crippen LogP contribution in [-0.2, 0) is 11.2 Å². The van der Waals surface area contributed by atoms with Crippen LogP contribution >= 0.6 is 0 Å². The Kier molecular flexibility index (Phi) is 4.67. The van der Waals surface area contributed by atoms with Gasteiger partial charge >= 0.3 is 0 Å². The van der Waals surface area contributed by atoms with Gasteiger partial charge in [0.05, 0.1) is 12.5 Å². The van der Waals surface area contributed by atoms with Crippen molar-refractivity contribution in [1.29, 1.82) is 0 Å². The van der Waals surface area contributed by atoms with Gasteiger partial charge in [-0.2, -0.15) is 0 Å². The molecule has 0 bridgehead atoms. The largest absolute Gasteiger partial charge is 0.333 e. The van der Waals surface area contributed by atoms with Gasteiger partial charge in [-0.3, -0.25) is 9.78 Å². The molecule has 1 saturated heterocycles. The molecular formula is C18H20FN3O. The Morgan fingerprint density at radius 3 is 3.00 bits per heavy atom. The molecule has 1 aromatic carbocycles. The van der Waals surface area contributed by atoms with Gasteiger partial charge in [-0.05, 0) is 36.2 Å². The standard InChI is InChI=1S/C18H20FN3O/c1-13-5-6-14(11-21-13)9-18(23)22-8-7-20-12-17(22)15-3-2-4-16(19)10-15/h2-6,10-11,17,20H,7-9,12H2,1H3. The van der Waals surface area contributed by atoms with Crippen LogP contribution in [0.3, 0.4) is 0 Å². The van der Waals surface area contributed by atoms with Crippen molar-refractivity contribution in [2.45, 2.75) is 19.4 Å². The average Bonchev–Trinajstić information content (AvgIpc) is 2.57. The molecule has 1 fully saturated rings. The van der Waals surface area contributed by atoms with Crippen molar-refractivity contribution in [3.05, 3.63) is 65.2 Å². The van der Waals surface area contributed by atoms with Crippen LogP contribution in [0, 0.1) is 12.7 Å². The summed E-state index contributed by atoms with van der Waals surface area (Å²) in [6, 6.07) is 10.2. The number of aryl methyl sites for hydroxylation is 1. The highest BCUT2D eigenvalue weighted by Crippen LogP contribution is 2.23. The third-order valence-electron chi connectivity index (χ3n) is 4.13. The smallest absolute Gasteiger partial charge is 0.227 e. The minimum absolute atomic E-state index is 0.0476. The summed E-state index contributed by atoms with van der Waals surface area (Å²) in [6.45, 7) is 3.94. The number of carbonyl (C=O) groups is 1. The molecule has 23 heavy (non-hydrogen) atoms. The van der Waals surface area contributed by atoms with E-state index in [1.807, 2.05) is 30.0 Å². The average molecular weight is 313 g/mol. The molecule has 0 radical (unpaired) electrons. The Hall–Kier alpha value is -2.27. The highest BCUT2D eigenvalue weighted by molar-refractivity contribution is 5.79. The monoisotopic (exact) mass is 313 g/mol. The predicted molar refractivity (Wildman–Crippen MR) is 86.4 cm³/mol. The molecule has 3 rings (SSSR count). The zero-order valence-electron chi connectivity index (χ0n) is 13.1. The summed E-state index contributed by atoms with van der Waals surface area (Å²) < 4.78 is 13.5. The molecular weight excluding hydrogens is 293 g/mol. The molecule has 1 aliphatic rings. The molecule has 1 atom stereocenters. The molecule has 1 aliphatic heterocycles. The van der Waals surface area contributed by atoms with E-state index in [2.05, 4.69) is 10.3 Å². The number of benzene rings is 1. The fourth-order valence-corrected chi connectivity index (χ4v) is 2.89. The van der Waals surface area contributed by atoms with E-state index in [0.29, 0.717) is 19.5 Å². The number of rotatable bonds is 3. The number of aromatic nitrogens is 1. The summed E-state index contributed by atoms with van der Waals surface area (Å²) in [6.07, 6.45) is 2.06. The lowest BCUT2D eigenvalue weighted by atomic mass is 10.0. The maximum absolute atomic E-state index is 13.5. The fourth-order valence-electron chi connectivity index (χ4n) is 2.89. The summed E-state index contributed by atoms with van der Waals surface area (Å²) in [7, 11) is 0. The van der Waals surface area contributed by atoms with E-state index < -0.39 is 0 Å². The Balaban J connectivity index is 1.77. The third-order valence-corrected chi connectivity index (χ3v) is 4.13. The van der Waals surface area contributed by atoms with E-state index in [9.17, 15) is 9.18 Å². The van der Waals surface area contributed by atoms with Gasteiger partial charge in [0.1, 0.15) is 5.82 Å². The van der Waals surface area contributed by atoms with Crippen LogP contribution in [-0.4, -0.2) is 35.4 Å². The number of hydrogen-bond acceptors (Lipinski definition) is 3. The van der Waals surface area contributed by atoms with Crippen molar-refractivity contribution in [3.8, 4) is 0 Å². The molecule has 1 aromatic heterocycles. The maximum atomic E-state index is 13.5. The summed E-state index contributed by atoms with van der Waals surface area (Å²) >= 11 is 0. The van der Waals surface area contributed by atoms with Gasteiger partial charge in [0.25, 0.3) is 0 Å². The zero-order chi connectivity index (χ0) is 16.2. The fraction of sp³-hybridized carbons (Fsp3) is 0.333. The lowest BCUT2D eigenvalue weighted by molar-refractivity contribution is -0.133. The van der Waals surface area contributed by atoms with Crippen molar-refractivity contribution < 1.29 is 9.18 Å². The van der Waals surface area contributed by atoms with Crippen LogP contribution in [0.1, 0.15) is 22.9 Å². The number of nitrogens with zero attached hydrogens (tertiary/aromatic N) is 2. The Bertz CT molecular complexity index is 687. The van der Waals surface area contributed by atoms with E-state index in [1.165, 1.54) is 12.1 Å². The minimum atomic E-state index is -0.275. The zero-order valence-corrected chi connectivity index (χ0v) is 13.1. The van der Waals surface area contributed by atoms with Crippen LogP contribution in [0.15, 0.2) is 42.6 Å². The highest BCUT2D eigenvalue weighted by Gasteiger charge is 2.28. The van der Waals surface area contributed by atoms with Gasteiger partial charge in [-0.15, -0.1) is 0 Å². The minimum Gasteiger partial charge on any atom is -0.333 e. The van der Waals surface area contributed by atoms with Crippen molar-refractivity contribution in [3.63, 3.8) is 0 Å². The molecule has 1 amide bonds. The number of amides is 1. The first-order valence-corrected chi connectivity index (χ1v) is 7.80. The van der Waals surface area contributed by atoms with E-state index in [-0.39, 0.29) is 17.8 Å². The second-order valence-corrected chi connectivity index (χ2v) is 5.85. The first-order chi connectivity index (χ1) is 11.1. The van der Waals surface area contributed by atoms with Crippen molar-refractivity contribution in [2.24, 2.45) is 0 Å². The van der Waals surface area contributed by atoms with Crippen molar-refractivity contribution in [1.82, 2.24) is 15.2 Å². The van der Waals surface area contributed by atoms with Gasteiger partial charge in [0.2, 0.25) is 5.91 Å². The SMILES string of the molecule is Cc1ccc(CC(=O)N2CCNCC2c2cccc(F)c2)cn1. The van der Waals surface area contributed by atoms with Gasteiger partial charge < -0.3 is 10.2 Å². The first kappa shape index (κ1) is 15.6.